The van der Waals surface area contributed by atoms with Crippen molar-refractivity contribution >= 4 is 0 Å². The molecule has 0 heterocycles. The molecule has 1 N–H and O–H groups in total. The summed E-state index contributed by atoms with van der Waals surface area (Å²) in [6.07, 6.45) is 6.49. The SMILES string of the molecule is CCC(CC1CC1)NCCOCCCOC. The number of ether oxygens (including phenoxy) is 2. The Labute approximate surface area is 99.9 Å². The van der Waals surface area contributed by atoms with E-state index in [1.807, 2.05) is 0 Å². The fourth-order valence-corrected chi connectivity index (χ4v) is 1.89. The highest BCUT2D eigenvalue weighted by Crippen LogP contribution is 2.33. The summed E-state index contributed by atoms with van der Waals surface area (Å²) in [6.45, 7) is 5.68. The van der Waals surface area contributed by atoms with Crippen LogP contribution in [0, 0.1) is 5.92 Å². The summed E-state index contributed by atoms with van der Waals surface area (Å²) in [5.74, 6) is 1.01. The molecule has 3 nitrogen and oxygen atoms in total. The molecule has 96 valence electrons. The Balaban J connectivity index is 1.84. The van der Waals surface area contributed by atoms with Crippen LogP contribution in [-0.4, -0.2) is 39.5 Å². The van der Waals surface area contributed by atoms with E-state index in [4.69, 9.17) is 9.47 Å². The van der Waals surface area contributed by atoms with Crippen LogP contribution in [0.1, 0.15) is 39.0 Å². The van der Waals surface area contributed by atoms with Gasteiger partial charge < -0.3 is 14.8 Å². The van der Waals surface area contributed by atoms with Crippen LogP contribution in [0.4, 0.5) is 0 Å². The van der Waals surface area contributed by atoms with E-state index in [0.29, 0.717) is 6.04 Å². The number of methoxy groups -OCH3 is 1. The summed E-state index contributed by atoms with van der Waals surface area (Å²) in [4.78, 5) is 0. The van der Waals surface area contributed by atoms with Crippen molar-refractivity contribution in [3.05, 3.63) is 0 Å². The molecule has 1 unspecified atom stereocenters. The lowest BCUT2D eigenvalue weighted by Gasteiger charge is -2.16. The fourth-order valence-electron chi connectivity index (χ4n) is 1.89. The highest BCUT2D eigenvalue weighted by atomic mass is 16.5. The molecule has 1 aliphatic rings. The van der Waals surface area contributed by atoms with E-state index in [1.165, 1.54) is 25.7 Å². The largest absolute Gasteiger partial charge is 0.385 e. The van der Waals surface area contributed by atoms with Crippen LogP contribution in [0.3, 0.4) is 0 Å². The van der Waals surface area contributed by atoms with Gasteiger partial charge in [0, 0.05) is 32.9 Å². The predicted molar refractivity (Wildman–Crippen MR) is 66.7 cm³/mol. The van der Waals surface area contributed by atoms with E-state index in [0.717, 1.165) is 38.7 Å². The standard InChI is InChI=1S/C13H27NO2/c1-3-13(11-12-5-6-12)14-7-10-16-9-4-8-15-2/h12-14H,3-11H2,1-2H3. The van der Waals surface area contributed by atoms with Crippen LogP contribution in [0.25, 0.3) is 0 Å². The smallest absolute Gasteiger partial charge is 0.0591 e. The summed E-state index contributed by atoms with van der Waals surface area (Å²) in [7, 11) is 1.73. The van der Waals surface area contributed by atoms with Gasteiger partial charge in [0.05, 0.1) is 6.61 Å². The van der Waals surface area contributed by atoms with E-state index < -0.39 is 0 Å². The molecule has 16 heavy (non-hydrogen) atoms. The van der Waals surface area contributed by atoms with Crippen molar-refractivity contribution in [1.29, 1.82) is 0 Å². The summed E-state index contributed by atoms with van der Waals surface area (Å²) in [6, 6.07) is 0.704. The average Bonchev–Trinajstić information content (AvgIpc) is 3.10. The van der Waals surface area contributed by atoms with Crippen molar-refractivity contribution in [3.63, 3.8) is 0 Å². The summed E-state index contributed by atoms with van der Waals surface area (Å²) >= 11 is 0. The molecular weight excluding hydrogens is 202 g/mol. The van der Waals surface area contributed by atoms with Gasteiger partial charge >= 0.3 is 0 Å². The van der Waals surface area contributed by atoms with Gasteiger partial charge in [0.2, 0.25) is 0 Å². The minimum atomic E-state index is 0.704. The van der Waals surface area contributed by atoms with Gasteiger partial charge in [-0.25, -0.2) is 0 Å². The number of hydrogen-bond donors (Lipinski definition) is 1. The third-order valence-corrected chi connectivity index (χ3v) is 3.12. The minimum absolute atomic E-state index is 0.704. The molecule has 0 bridgehead atoms. The number of hydrogen-bond acceptors (Lipinski definition) is 3. The number of rotatable bonds is 11. The molecule has 3 heteroatoms. The van der Waals surface area contributed by atoms with Crippen molar-refractivity contribution in [1.82, 2.24) is 5.32 Å². The van der Waals surface area contributed by atoms with Gasteiger partial charge in [-0.2, -0.15) is 0 Å². The highest BCUT2D eigenvalue weighted by Gasteiger charge is 2.24. The van der Waals surface area contributed by atoms with Crippen LogP contribution in [0.5, 0.6) is 0 Å². The van der Waals surface area contributed by atoms with Gasteiger partial charge in [-0.15, -0.1) is 0 Å². The monoisotopic (exact) mass is 229 g/mol. The van der Waals surface area contributed by atoms with Gasteiger partial charge in [0.15, 0.2) is 0 Å². The molecular formula is C13H27NO2. The number of nitrogens with one attached hydrogen (secondary N) is 1. The first kappa shape index (κ1) is 13.9. The van der Waals surface area contributed by atoms with Crippen molar-refractivity contribution < 1.29 is 9.47 Å². The van der Waals surface area contributed by atoms with Crippen molar-refractivity contribution in [2.45, 2.75) is 45.1 Å². The Morgan fingerprint density at radius 2 is 2.06 bits per heavy atom. The molecule has 1 rings (SSSR count). The molecule has 0 aromatic rings. The second-order valence-electron chi connectivity index (χ2n) is 4.70. The Kier molecular flexibility index (Phi) is 7.81. The topological polar surface area (TPSA) is 30.5 Å². The maximum Gasteiger partial charge on any atom is 0.0591 e. The quantitative estimate of drug-likeness (QED) is 0.551. The van der Waals surface area contributed by atoms with E-state index in [1.54, 1.807) is 7.11 Å². The first-order valence-corrected chi connectivity index (χ1v) is 6.66. The van der Waals surface area contributed by atoms with Crippen molar-refractivity contribution in [2.75, 3.05) is 33.5 Å². The molecule has 1 aliphatic carbocycles. The normalized spacial score (nSPS) is 17.6. The molecule has 1 fully saturated rings. The molecule has 1 atom stereocenters. The Hall–Kier alpha value is -0.120. The van der Waals surface area contributed by atoms with Gasteiger partial charge in [0.1, 0.15) is 0 Å². The molecule has 0 spiro atoms. The van der Waals surface area contributed by atoms with Gasteiger partial charge in [-0.1, -0.05) is 19.8 Å². The fraction of sp³-hybridized carbons (Fsp3) is 1.00. The summed E-state index contributed by atoms with van der Waals surface area (Å²) in [5.41, 5.74) is 0. The maximum absolute atomic E-state index is 5.51. The second-order valence-corrected chi connectivity index (χ2v) is 4.70. The van der Waals surface area contributed by atoms with Crippen molar-refractivity contribution in [2.24, 2.45) is 5.92 Å². The Bertz CT molecular complexity index is 160. The third kappa shape index (κ3) is 7.20. The molecule has 1 saturated carbocycles. The lowest BCUT2D eigenvalue weighted by Crippen LogP contribution is -2.32. The van der Waals surface area contributed by atoms with E-state index >= 15 is 0 Å². The van der Waals surface area contributed by atoms with Gasteiger partial charge in [-0.05, 0) is 25.2 Å². The molecule has 0 aromatic carbocycles. The Morgan fingerprint density at radius 3 is 2.69 bits per heavy atom. The second kappa shape index (κ2) is 8.97. The Morgan fingerprint density at radius 1 is 1.25 bits per heavy atom. The molecule has 0 aromatic heterocycles. The summed E-state index contributed by atoms with van der Waals surface area (Å²) < 4.78 is 10.5. The van der Waals surface area contributed by atoms with Crippen LogP contribution < -0.4 is 5.32 Å². The van der Waals surface area contributed by atoms with Crippen LogP contribution in [0.15, 0.2) is 0 Å². The van der Waals surface area contributed by atoms with Gasteiger partial charge in [0.25, 0.3) is 0 Å². The zero-order valence-corrected chi connectivity index (χ0v) is 10.8. The maximum atomic E-state index is 5.51. The first-order chi connectivity index (χ1) is 7.86. The summed E-state index contributed by atoms with van der Waals surface area (Å²) in [5, 5.41) is 3.58. The molecule has 0 saturated heterocycles. The highest BCUT2D eigenvalue weighted by molar-refractivity contribution is 4.79. The van der Waals surface area contributed by atoms with Gasteiger partial charge in [-0.3, -0.25) is 0 Å². The van der Waals surface area contributed by atoms with E-state index in [9.17, 15) is 0 Å². The third-order valence-electron chi connectivity index (χ3n) is 3.12. The lowest BCUT2D eigenvalue weighted by atomic mass is 10.1. The van der Waals surface area contributed by atoms with Crippen molar-refractivity contribution in [3.8, 4) is 0 Å². The first-order valence-electron chi connectivity index (χ1n) is 6.66. The zero-order chi connectivity index (χ0) is 11.6. The van der Waals surface area contributed by atoms with E-state index in [2.05, 4.69) is 12.2 Å². The predicted octanol–water partition coefficient (Wildman–Crippen LogP) is 2.21. The zero-order valence-electron chi connectivity index (χ0n) is 10.8. The lowest BCUT2D eigenvalue weighted by molar-refractivity contribution is 0.102. The van der Waals surface area contributed by atoms with Crippen LogP contribution in [-0.2, 0) is 9.47 Å². The molecule has 0 aliphatic heterocycles. The van der Waals surface area contributed by atoms with Crippen LogP contribution >= 0.6 is 0 Å². The molecule has 0 amide bonds. The van der Waals surface area contributed by atoms with Crippen LogP contribution in [0.2, 0.25) is 0 Å². The molecule has 0 radical (unpaired) electrons. The average molecular weight is 229 g/mol. The van der Waals surface area contributed by atoms with E-state index in [-0.39, 0.29) is 0 Å². The minimum Gasteiger partial charge on any atom is -0.385 e.